The summed E-state index contributed by atoms with van der Waals surface area (Å²) in [6.07, 6.45) is 1.87. The van der Waals surface area contributed by atoms with Gasteiger partial charge in [0.15, 0.2) is 0 Å². The maximum Gasteiger partial charge on any atom is 0.129 e. The van der Waals surface area contributed by atoms with Gasteiger partial charge in [-0.25, -0.2) is 0 Å². The smallest absolute Gasteiger partial charge is 0.129 e. The Kier molecular flexibility index (Phi) is 4.66. The molecule has 0 aromatic heterocycles. The van der Waals surface area contributed by atoms with Crippen molar-refractivity contribution in [2.24, 2.45) is 0 Å². The molecule has 1 fully saturated rings. The SMILES string of the molecule is C=C(c1ccccc1)P1(=O)[C@@H](c2ccccc2)CC[C@@H]1c1ccccc1. The molecule has 0 unspecified atom stereocenters. The largest absolute Gasteiger partial charge is 0.317 e. The molecule has 0 bridgehead atoms. The normalized spacial score (nSPS) is 21.4. The molecule has 3 aromatic carbocycles. The fraction of sp³-hybridized carbons (Fsp3) is 0.167. The zero-order valence-corrected chi connectivity index (χ0v) is 15.7. The number of hydrogen-bond acceptors (Lipinski definition) is 1. The van der Waals surface area contributed by atoms with Gasteiger partial charge in [-0.15, -0.1) is 0 Å². The van der Waals surface area contributed by atoms with Gasteiger partial charge in [0.2, 0.25) is 0 Å². The zero-order valence-electron chi connectivity index (χ0n) is 14.8. The average molecular weight is 358 g/mol. The van der Waals surface area contributed by atoms with Crippen molar-refractivity contribution in [2.45, 2.75) is 24.2 Å². The van der Waals surface area contributed by atoms with E-state index in [2.05, 4.69) is 30.8 Å². The second-order valence-corrected chi connectivity index (χ2v) is 10.2. The van der Waals surface area contributed by atoms with Crippen LogP contribution in [0.25, 0.3) is 5.31 Å². The molecule has 1 nitrogen and oxygen atoms in total. The van der Waals surface area contributed by atoms with Gasteiger partial charge in [0.05, 0.1) is 0 Å². The van der Waals surface area contributed by atoms with Crippen LogP contribution in [-0.4, -0.2) is 0 Å². The van der Waals surface area contributed by atoms with Crippen molar-refractivity contribution in [3.8, 4) is 0 Å². The monoisotopic (exact) mass is 358 g/mol. The molecule has 26 heavy (non-hydrogen) atoms. The Morgan fingerprint density at radius 3 is 1.50 bits per heavy atom. The summed E-state index contributed by atoms with van der Waals surface area (Å²) in [5, 5.41) is 0.818. The Bertz CT molecular complexity index is 880. The van der Waals surface area contributed by atoms with Crippen LogP contribution >= 0.6 is 7.14 Å². The lowest BCUT2D eigenvalue weighted by molar-refractivity contribution is 0.574. The van der Waals surface area contributed by atoms with Gasteiger partial charge in [-0.2, -0.15) is 0 Å². The van der Waals surface area contributed by atoms with Gasteiger partial charge >= 0.3 is 0 Å². The topological polar surface area (TPSA) is 17.1 Å². The first-order valence-electron chi connectivity index (χ1n) is 9.15. The summed E-state index contributed by atoms with van der Waals surface area (Å²) < 4.78 is 14.7. The van der Waals surface area contributed by atoms with Gasteiger partial charge in [-0.1, -0.05) is 97.6 Å². The molecule has 1 aliphatic rings. The molecule has 1 heterocycles. The maximum absolute atomic E-state index is 14.7. The summed E-state index contributed by atoms with van der Waals surface area (Å²) in [5.74, 6) is 0. The first-order chi connectivity index (χ1) is 12.7. The molecule has 0 N–H and O–H groups in total. The minimum absolute atomic E-state index is 0.0432. The summed E-state index contributed by atoms with van der Waals surface area (Å²) >= 11 is 0. The van der Waals surface area contributed by atoms with Crippen LogP contribution in [0, 0.1) is 0 Å². The van der Waals surface area contributed by atoms with E-state index in [-0.39, 0.29) is 11.3 Å². The predicted octanol–water partition coefficient (Wildman–Crippen LogP) is 7.30. The molecule has 0 aliphatic carbocycles. The van der Waals surface area contributed by atoms with Crippen molar-refractivity contribution in [1.29, 1.82) is 0 Å². The van der Waals surface area contributed by atoms with Crippen LogP contribution in [0.3, 0.4) is 0 Å². The molecule has 130 valence electrons. The third-order valence-corrected chi connectivity index (χ3v) is 9.60. The van der Waals surface area contributed by atoms with E-state index in [1.54, 1.807) is 0 Å². The third-order valence-electron chi connectivity index (χ3n) is 5.54. The molecule has 2 heteroatoms. The van der Waals surface area contributed by atoms with E-state index in [9.17, 15) is 4.57 Å². The molecule has 1 aliphatic heterocycles. The van der Waals surface area contributed by atoms with Crippen molar-refractivity contribution in [2.75, 3.05) is 0 Å². The highest BCUT2D eigenvalue weighted by Crippen LogP contribution is 2.82. The van der Waals surface area contributed by atoms with Gasteiger partial charge in [-0.3, -0.25) is 0 Å². The first-order valence-corrected chi connectivity index (χ1v) is 11.0. The zero-order chi connectivity index (χ0) is 18.0. The highest BCUT2D eigenvalue weighted by atomic mass is 31.2. The Balaban J connectivity index is 1.84. The van der Waals surface area contributed by atoms with Crippen LogP contribution in [0.2, 0.25) is 0 Å². The standard InChI is InChI=1S/C24H23OP/c1-19(20-11-5-2-6-12-20)26(25)23(21-13-7-3-8-14-21)17-18-24(26)22-15-9-4-10-16-22/h2-16,23-24H,1,17-18H2/t23-,24-/m1/s1. The van der Waals surface area contributed by atoms with Crippen LogP contribution in [0.1, 0.15) is 40.8 Å². The quantitative estimate of drug-likeness (QED) is 0.447. The van der Waals surface area contributed by atoms with E-state index >= 15 is 0 Å². The second-order valence-electron chi connectivity index (χ2n) is 6.95. The summed E-state index contributed by atoms with van der Waals surface area (Å²) in [7, 11) is -2.74. The molecule has 0 saturated carbocycles. The molecular weight excluding hydrogens is 335 g/mol. The van der Waals surface area contributed by atoms with Crippen LogP contribution in [0.4, 0.5) is 0 Å². The van der Waals surface area contributed by atoms with Crippen molar-refractivity contribution in [1.82, 2.24) is 0 Å². The summed E-state index contributed by atoms with van der Waals surface area (Å²) in [4.78, 5) is 0. The Hall–Kier alpha value is -2.37. The molecule has 3 aromatic rings. The van der Waals surface area contributed by atoms with Crippen LogP contribution in [0.15, 0.2) is 97.6 Å². The van der Waals surface area contributed by atoms with Crippen molar-refractivity contribution in [3.63, 3.8) is 0 Å². The van der Waals surface area contributed by atoms with Gasteiger partial charge in [0.1, 0.15) is 7.14 Å². The van der Waals surface area contributed by atoms with Gasteiger partial charge < -0.3 is 4.57 Å². The minimum atomic E-state index is -2.74. The van der Waals surface area contributed by atoms with E-state index < -0.39 is 7.14 Å². The lowest BCUT2D eigenvalue weighted by Crippen LogP contribution is -2.01. The molecule has 1 saturated heterocycles. The Morgan fingerprint density at radius 2 is 1.08 bits per heavy atom. The maximum atomic E-state index is 14.7. The van der Waals surface area contributed by atoms with E-state index in [0.717, 1.165) is 23.7 Å². The highest BCUT2D eigenvalue weighted by Gasteiger charge is 2.49. The molecule has 2 atom stereocenters. The van der Waals surface area contributed by atoms with Crippen molar-refractivity contribution in [3.05, 3.63) is 114 Å². The first kappa shape index (κ1) is 17.1. The van der Waals surface area contributed by atoms with E-state index in [1.807, 2.05) is 66.7 Å². The highest BCUT2D eigenvalue weighted by molar-refractivity contribution is 7.75. The molecule has 0 radical (unpaired) electrons. The van der Waals surface area contributed by atoms with E-state index in [0.29, 0.717) is 0 Å². The lowest BCUT2D eigenvalue weighted by atomic mass is 10.0. The summed E-state index contributed by atoms with van der Waals surface area (Å²) in [5.41, 5.74) is 3.43. The number of benzene rings is 3. The third kappa shape index (κ3) is 2.87. The van der Waals surface area contributed by atoms with E-state index in [4.69, 9.17) is 0 Å². The van der Waals surface area contributed by atoms with Crippen molar-refractivity contribution < 1.29 is 4.57 Å². The minimum Gasteiger partial charge on any atom is -0.317 e. The van der Waals surface area contributed by atoms with Gasteiger partial charge in [0, 0.05) is 16.6 Å². The average Bonchev–Trinajstić information content (AvgIpc) is 3.07. The molecule has 0 amide bonds. The Labute approximate surface area is 155 Å². The van der Waals surface area contributed by atoms with Crippen molar-refractivity contribution >= 4 is 12.5 Å². The fourth-order valence-electron chi connectivity index (χ4n) is 4.25. The predicted molar refractivity (Wildman–Crippen MR) is 111 cm³/mol. The number of hydrogen-bond donors (Lipinski definition) is 0. The van der Waals surface area contributed by atoms with Gasteiger partial charge in [-0.05, 0) is 29.5 Å². The summed E-state index contributed by atoms with van der Waals surface area (Å²) in [6, 6.07) is 30.7. The lowest BCUT2D eigenvalue weighted by Gasteiger charge is -2.29. The second kappa shape index (κ2) is 7.09. The van der Waals surface area contributed by atoms with Crippen LogP contribution < -0.4 is 0 Å². The van der Waals surface area contributed by atoms with Crippen LogP contribution in [0.5, 0.6) is 0 Å². The van der Waals surface area contributed by atoms with Crippen LogP contribution in [-0.2, 0) is 4.57 Å². The fourth-order valence-corrected chi connectivity index (χ4v) is 8.29. The number of rotatable bonds is 4. The molecule has 0 spiro atoms. The van der Waals surface area contributed by atoms with Gasteiger partial charge in [0.25, 0.3) is 0 Å². The summed E-state index contributed by atoms with van der Waals surface area (Å²) in [6.45, 7) is 4.37. The molecular formula is C24H23OP. The Morgan fingerprint density at radius 1 is 0.692 bits per heavy atom. The molecule has 4 rings (SSSR count). The van der Waals surface area contributed by atoms with E-state index in [1.165, 1.54) is 11.1 Å².